The number of nitrogens with zero attached hydrogens (tertiary/aromatic N) is 1. The Balaban J connectivity index is 2.12. The third-order valence-corrected chi connectivity index (χ3v) is 4.78. The van der Waals surface area contributed by atoms with Crippen molar-refractivity contribution in [2.75, 3.05) is 0 Å². The van der Waals surface area contributed by atoms with Crippen molar-refractivity contribution in [3.05, 3.63) is 62.4 Å². The maximum atomic E-state index is 6.26. The van der Waals surface area contributed by atoms with Crippen LogP contribution in [0.25, 0.3) is 0 Å². The van der Waals surface area contributed by atoms with Crippen LogP contribution in [0.4, 0.5) is 0 Å². The molecule has 0 radical (unpaired) electrons. The van der Waals surface area contributed by atoms with Gasteiger partial charge in [0.2, 0.25) is 0 Å². The minimum atomic E-state index is 0.0546. The molecule has 2 rings (SSSR count). The summed E-state index contributed by atoms with van der Waals surface area (Å²) in [6.07, 6.45) is 2.78. The smallest absolute Gasteiger partial charge is 0.0781 e. The fourth-order valence-corrected chi connectivity index (χ4v) is 2.89. The van der Waals surface area contributed by atoms with E-state index in [-0.39, 0.29) is 6.04 Å². The van der Waals surface area contributed by atoms with Crippen molar-refractivity contribution >= 4 is 34.8 Å². The van der Waals surface area contributed by atoms with E-state index in [1.807, 2.05) is 25.3 Å². The first kappa shape index (κ1) is 16.6. The molecule has 1 unspecified atom stereocenters. The minimum Gasteiger partial charge on any atom is -0.305 e. The van der Waals surface area contributed by atoms with E-state index < -0.39 is 0 Å². The molecule has 2 aromatic rings. The number of hydrogen-bond acceptors (Lipinski definition) is 2. The van der Waals surface area contributed by atoms with Crippen molar-refractivity contribution in [3.8, 4) is 0 Å². The molecule has 0 aliphatic carbocycles. The van der Waals surface area contributed by atoms with Crippen LogP contribution >= 0.6 is 34.8 Å². The van der Waals surface area contributed by atoms with Gasteiger partial charge < -0.3 is 5.32 Å². The summed E-state index contributed by atoms with van der Waals surface area (Å²) in [7, 11) is 0. The van der Waals surface area contributed by atoms with Crippen molar-refractivity contribution < 1.29 is 0 Å². The normalized spacial score (nSPS) is 12.4. The highest BCUT2D eigenvalue weighted by atomic mass is 35.5. The molecule has 0 fully saturated rings. The molecule has 1 atom stereocenters. The number of aromatic nitrogens is 1. The summed E-state index contributed by atoms with van der Waals surface area (Å²) in [5.74, 6) is 0. The summed E-state index contributed by atoms with van der Waals surface area (Å²) in [4.78, 5) is 4.43. The molecular formula is C16H17Cl3N2. The SMILES string of the molecule is CCc1cccnc1CNC(C)c1ccc(Cl)c(Cl)c1Cl. The van der Waals surface area contributed by atoms with Crippen LogP contribution in [0.3, 0.4) is 0 Å². The Kier molecular flexibility index (Phi) is 5.88. The summed E-state index contributed by atoms with van der Waals surface area (Å²) in [6, 6.07) is 7.77. The predicted octanol–water partition coefficient (Wildman–Crippen LogP) is 5.46. The Morgan fingerprint density at radius 3 is 2.62 bits per heavy atom. The van der Waals surface area contributed by atoms with Crippen molar-refractivity contribution in [2.45, 2.75) is 32.9 Å². The molecule has 112 valence electrons. The maximum absolute atomic E-state index is 6.26. The zero-order valence-corrected chi connectivity index (χ0v) is 14.2. The van der Waals surface area contributed by atoms with Crippen LogP contribution in [-0.4, -0.2) is 4.98 Å². The summed E-state index contributed by atoms with van der Waals surface area (Å²) in [5.41, 5.74) is 3.24. The van der Waals surface area contributed by atoms with Crippen molar-refractivity contribution in [1.29, 1.82) is 0 Å². The number of pyridine rings is 1. The predicted molar refractivity (Wildman–Crippen MR) is 90.3 cm³/mol. The zero-order valence-electron chi connectivity index (χ0n) is 12.0. The second kappa shape index (κ2) is 7.46. The highest BCUT2D eigenvalue weighted by molar-refractivity contribution is 6.48. The number of halogens is 3. The number of hydrogen-bond donors (Lipinski definition) is 1. The van der Waals surface area contributed by atoms with Crippen LogP contribution in [0.5, 0.6) is 0 Å². The molecule has 0 aliphatic heterocycles. The van der Waals surface area contributed by atoms with Gasteiger partial charge in [0.25, 0.3) is 0 Å². The summed E-state index contributed by atoms with van der Waals surface area (Å²) >= 11 is 18.3. The topological polar surface area (TPSA) is 24.9 Å². The largest absolute Gasteiger partial charge is 0.305 e. The fraction of sp³-hybridized carbons (Fsp3) is 0.312. The monoisotopic (exact) mass is 342 g/mol. The third-order valence-electron chi connectivity index (χ3n) is 3.47. The van der Waals surface area contributed by atoms with E-state index in [0.717, 1.165) is 17.7 Å². The first-order valence-corrected chi connectivity index (χ1v) is 7.97. The number of benzene rings is 1. The van der Waals surface area contributed by atoms with E-state index in [0.29, 0.717) is 21.6 Å². The summed E-state index contributed by atoms with van der Waals surface area (Å²) < 4.78 is 0. The first-order chi connectivity index (χ1) is 10.0. The molecule has 1 aromatic carbocycles. The van der Waals surface area contributed by atoms with Gasteiger partial charge in [-0.05, 0) is 36.6 Å². The lowest BCUT2D eigenvalue weighted by atomic mass is 10.1. The molecule has 0 bridgehead atoms. The highest BCUT2D eigenvalue weighted by Gasteiger charge is 2.14. The van der Waals surface area contributed by atoms with Gasteiger partial charge in [-0.3, -0.25) is 4.98 Å². The zero-order chi connectivity index (χ0) is 15.4. The molecule has 0 amide bonds. The number of nitrogens with one attached hydrogen (secondary N) is 1. The van der Waals surface area contributed by atoms with Gasteiger partial charge in [-0.2, -0.15) is 0 Å². The standard InChI is InChI=1S/C16H17Cl3N2/c1-3-11-5-4-8-20-14(11)9-21-10(2)12-6-7-13(17)16(19)15(12)18/h4-8,10,21H,3,9H2,1-2H3. The second-order valence-corrected chi connectivity index (χ2v) is 5.99. The third kappa shape index (κ3) is 3.89. The van der Waals surface area contributed by atoms with Gasteiger partial charge >= 0.3 is 0 Å². The molecule has 5 heteroatoms. The van der Waals surface area contributed by atoms with Crippen molar-refractivity contribution in [3.63, 3.8) is 0 Å². The van der Waals surface area contributed by atoms with Crippen LogP contribution in [0.2, 0.25) is 15.1 Å². The van der Waals surface area contributed by atoms with Gasteiger partial charge in [0.15, 0.2) is 0 Å². The van der Waals surface area contributed by atoms with Gasteiger partial charge in [0, 0.05) is 18.8 Å². The van der Waals surface area contributed by atoms with Gasteiger partial charge in [-0.15, -0.1) is 0 Å². The lowest BCUT2D eigenvalue weighted by Crippen LogP contribution is -2.20. The van der Waals surface area contributed by atoms with Crippen LogP contribution in [0, 0.1) is 0 Å². The highest BCUT2D eigenvalue weighted by Crippen LogP contribution is 2.35. The van der Waals surface area contributed by atoms with Crippen LogP contribution < -0.4 is 5.32 Å². The molecular weight excluding hydrogens is 327 g/mol. The first-order valence-electron chi connectivity index (χ1n) is 6.84. The Morgan fingerprint density at radius 2 is 1.90 bits per heavy atom. The Labute approximate surface area is 140 Å². The molecule has 0 saturated heterocycles. The molecule has 0 saturated carbocycles. The maximum Gasteiger partial charge on any atom is 0.0781 e. The fourth-order valence-electron chi connectivity index (χ4n) is 2.19. The van der Waals surface area contributed by atoms with Crippen LogP contribution in [0.15, 0.2) is 30.5 Å². The van der Waals surface area contributed by atoms with E-state index >= 15 is 0 Å². The molecule has 21 heavy (non-hydrogen) atoms. The number of aryl methyl sites for hydroxylation is 1. The minimum absolute atomic E-state index is 0.0546. The average Bonchev–Trinajstić information content (AvgIpc) is 2.50. The van der Waals surface area contributed by atoms with Crippen molar-refractivity contribution in [1.82, 2.24) is 10.3 Å². The van der Waals surface area contributed by atoms with E-state index in [1.165, 1.54) is 5.56 Å². The summed E-state index contributed by atoms with van der Waals surface area (Å²) in [5, 5.41) is 4.80. The average molecular weight is 344 g/mol. The Hall–Kier alpha value is -0.800. The van der Waals surface area contributed by atoms with Gasteiger partial charge in [0.1, 0.15) is 0 Å². The van der Waals surface area contributed by atoms with Crippen LogP contribution in [0.1, 0.15) is 36.7 Å². The summed E-state index contributed by atoms with van der Waals surface area (Å²) in [6.45, 7) is 4.85. The van der Waals surface area contributed by atoms with Crippen molar-refractivity contribution in [2.24, 2.45) is 0 Å². The Bertz CT molecular complexity index is 629. The lowest BCUT2D eigenvalue weighted by Gasteiger charge is -2.17. The van der Waals surface area contributed by atoms with E-state index in [2.05, 4.69) is 23.3 Å². The van der Waals surface area contributed by atoms with Gasteiger partial charge in [-0.1, -0.05) is 53.9 Å². The van der Waals surface area contributed by atoms with Gasteiger partial charge in [-0.25, -0.2) is 0 Å². The van der Waals surface area contributed by atoms with Crippen LogP contribution in [-0.2, 0) is 13.0 Å². The molecule has 1 N–H and O–H groups in total. The van der Waals surface area contributed by atoms with Gasteiger partial charge in [0.05, 0.1) is 20.8 Å². The molecule has 0 spiro atoms. The molecule has 1 heterocycles. The molecule has 1 aromatic heterocycles. The lowest BCUT2D eigenvalue weighted by molar-refractivity contribution is 0.565. The van der Waals surface area contributed by atoms with E-state index in [9.17, 15) is 0 Å². The molecule has 0 aliphatic rings. The number of rotatable bonds is 5. The molecule has 2 nitrogen and oxygen atoms in total. The van der Waals surface area contributed by atoms with E-state index in [4.69, 9.17) is 34.8 Å². The van der Waals surface area contributed by atoms with E-state index in [1.54, 1.807) is 6.07 Å². The quantitative estimate of drug-likeness (QED) is 0.730. The second-order valence-electron chi connectivity index (χ2n) is 4.83. The Morgan fingerprint density at radius 1 is 1.14 bits per heavy atom.